The van der Waals surface area contributed by atoms with Gasteiger partial charge in [0, 0.05) is 12.1 Å². The van der Waals surface area contributed by atoms with E-state index < -0.39 is 10.0 Å². The lowest BCUT2D eigenvalue weighted by Crippen LogP contribution is -2.20. The van der Waals surface area contributed by atoms with Gasteiger partial charge in [0.05, 0.1) is 17.8 Å². The third-order valence-corrected chi connectivity index (χ3v) is 8.03. The van der Waals surface area contributed by atoms with Crippen LogP contribution >= 0.6 is 11.6 Å². The number of benzene rings is 2. The topological polar surface area (TPSA) is 84.5 Å². The lowest BCUT2D eigenvalue weighted by molar-refractivity contribution is -0.117. The van der Waals surface area contributed by atoms with Crippen LogP contribution in [0.1, 0.15) is 32.1 Å². The summed E-state index contributed by atoms with van der Waals surface area (Å²) in [5.74, 6) is 2.18. The molecule has 2 bridgehead atoms. The number of carbonyl (C=O) groups is 1. The quantitative estimate of drug-likeness (QED) is 0.630. The number of sulfonamides is 1. The monoisotopic (exact) mass is 448 g/mol. The van der Waals surface area contributed by atoms with E-state index in [9.17, 15) is 13.2 Å². The number of fused-ring (bicyclic) bond motifs is 2. The first-order valence-corrected chi connectivity index (χ1v) is 12.0. The number of halogens is 1. The number of rotatable bonds is 7. The molecule has 6 nitrogen and oxygen atoms in total. The summed E-state index contributed by atoms with van der Waals surface area (Å²) in [5.41, 5.74) is 0.717. The first kappa shape index (κ1) is 21.0. The Kier molecular flexibility index (Phi) is 5.93. The Hall–Kier alpha value is -2.25. The zero-order chi connectivity index (χ0) is 21.3. The largest absolute Gasteiger partial charge is 0.495 e. The standard InChI is InChI=1S/C22H25ClN2O4S/c1-29-20-5-3-2-4-19(20)25-30(27,28)21-13-17(8-9-18(21)23)24-22(26)12-16-11-14-6-7-15(16)10-14/h2-5,8-9,13-16,25H,6-7,10-12H2,1H3,(H,24,26)/t14-,15-,16+/m0/s1. The number of carbonyl (C=O) groups excluding carboxylic acids is 1. The van der Waals surface area contributed by atoms with E-state index in [4.69, 9.17) is 16.3 Å². The molecule has 1 amide bonds. The number of ether oxygens (including phenoxy) is 1. The SMILES string of the molecule is COc1ccccc1NS(=O)(=O)c1cc(NC(=O)C[C@H]2C[C@H]3CC[C@H]2C3)ccc1Cl. The van der Waals surface area contributed by atoms with Crippen LogP contribution in [0.5, 0.6) is 5.75 Å². The predicted octanol–water partition coefficient (Wildman–Crippen LogP) is 4.91. The van der Waals surface area contributed by atoms with Gasteiger partial charge in [-0.2, -0.15) is 0 Å². The summed E-state index contributed by atoms with van der Waals surface area (Å²) in [6.45, 7) is 0. The Balaban J connectivity index is 1.49. The molecular formula is C22H25ClN2O4S. The summed E-state index contributed by atoms with van der Waals surface area (Å²) >= 11 is 6.17. The van der Waals surface area contributed by atoms with Crippen molar-refractivity contribution >= 4 is 38.9 Å². The zero-order valence-corrected chi connectivity index (χ0v) is 18.3. The van der Waals surface area contributed by atoms with Gasteiger partial charge in [-0.05, 0) is 67.3 Å². The molecule has 160 valence electrons. The molecule has 0 unspecified atom stereocenters. The first-order valence-electron chi connectivity index (χ1n) is 10.1. The van der Waals surface area contributed by atoms with Gasteiger partial charge in [-0.25, -0.2) is 8.42 Å². The highest BCUT2D eigenvalue weighted by Gasteiger charge is 2.40. The van der Waals surface area contributed by atoms with Gasteiger partial charge in [0.15, 0.2) is 0 Å². The highest BCUT2D eigenvalue weighted by molar-refractivity contribution is 7.92. The molecule has 0 heterocycles. The minimum absolute atomic E-state index is 0.0727. The van der Waals surface area contributed by atoms with Crippen molar-refractivity contribution in [2.45, 2.75) is 37.0 Å². The van der Waals surface area contributed by atoms with E-state index >= 15 is 0 Å². The van der Waals surface area contributed by atoms with Gasteiger partial charge in [0.1, 0.15) is 10.6 Å². The molecule has 3 atom stereocenters. The molecule has 8 heteroatoms. The molecular weight excluding hydrogens is 424 g/mol. The second-order valence-electron chi connectivity index (χ2n) is 8.14. The second-order valence-corrected chi connectivity index (χ2v) is 10.2. The Labute approximate surface area is 182 Å². The van der Waals surface area contributed by atoms with Crippen LogP contribution in [0, 0.1) is 17.8 Å². The fourth-order valence-electron chi connectivity index (χ4n) is 4.79. The van der Waals surface area contributed by atoms with Gasteiger partial charge in [-0.15, -0.1) is 0 Å². The van der Waals surface area contributed by atoms with Crippen molar-refractivity contribution in [2.75, 3.05) is 17.1 Å². The molecule has 2 N–H and O–H groups in total. The Morgan fingerprint density at radius 2 is 1.97 bits per heavy atom. The Bertz CT molecular complexity index is 1060. The van der Waals surface area contributed by atoms with Gasteiger partial charge in [0.25, 0.3) is 10.0 Å². The van der Waals surface area contributed by atoms with Crippen LogP contribution < -0.4 is 14.8 Å². The summed E-state index contributed by atoms with van der Waals surface area (Å²) in [6.07, 6.45) is 5.36. The Morgan fingerprint density at radius 3 is 2.67 bits per heavy atom. The van der Waals surface area contributed by atoms with E-state index in [1.165, 1.54) is 38.5 Å². The van der Waals surface area contributed by atoms with Gasteiger partial charge >= 0.3 is 0 Å². The van der Waals surface area contributed by atoms with Crippen molar-refractivity contribution in [2.24, 2.45) is 17.8 Å². The number of methoxy groups -OCH3 is 1. The maximum absolute atomic E-state index is 12.9. The molecule has 2 aliphatic carbocycles. The minimum Gasteiger partial charge on any atom is -0.495 e. The lowest BCUT2D eigenvalue weighted by Gasteiger charge is -2.21. The predicted molar refractivity (Wildman–Crippen MR) is 117 cm³/mol. The van der Waals surface area contributed by atoms with Crippen molar-refractivity contribution in [3.8, 4) is 5.75 Å². The van der Waals surface area contributed by atoms with E-state index in [-0.39, 0.29) is 15.8 Å². The number of para-hydroxylation sites is 2. The summed E-state index contributed by atoms with van der Waals surface area (Å²) in [7, 11) is -2.51. The summed E-state index contributed by atoms with van der Waals surface area (Å²) in [6, 6.07) is 11.2. The van der Waals surface area contributed by atoms with Crippen LogP contribution in [-0.2, 0) is 14.8 Å². The highest BCUT2D eigenvalue weighted by Crippen LogP contribution is 2.49. The van der Waals surface area contributed by atoms with Gasteiger partial charge in [-0.1, -0.05) is 30.2 Å². The van der Waals surface area contributed by atoms with E-state index in [1.54, 1.807) is 30.3 Å². The highest BCUT2D eigenvalue weighted by atomic mass is 35.5. The van der Waals surface area contributed by atoms with Crippen LogP contribution in [0.15, 0.2) is 47.4 Å². The maximum atomic E-state index is 12.9. The number of anilines is 2. The summed E-state index contributed by atoms with van der Waals surface area (Å²) < 4.78 is 33.6. The number of hydrogen-bond donors (Lipinski definition) is 2. The van der Waals surface area contributed by atoms with Gasteiger partial charge < -0.3 is 10.1 Å². The van der Waals surface area contributed by atoms with Gasteiger partial charge in [0.2, 0.25) is 5.91 Å². The number of hydrogen-bond acceptors (Lipinski definition) is 4. The Morgan fingerprint density at radius 1 is 1.17 bits per heavy atom. The van der Waals surface area contributed by atoms with E-state index in [1.807, 2.05) is 0 Å². The smallest absolute Gasteiger partial charge is 0.263 e. The molecule has 4 rings (SSSR count). The lowest BCUT2D eigenvalue weighted by atomic mass is 9.86. The average molecular weight is 449 g/mol. The van der Waals surface area contributed by atoms with Crippen LogP contribution in [-0.4, -0.2) is 21.4 Å². The van der Waals surface area contributed by atoms with Crippen molar-refractivity contribution in [1.29, 1.82) is 0 Å². The van der Waals surface area contributed by atoms with E-state index in [0.29, 0.717) is 35.4 Å². The molecule has 0 aromatic heterocycles. The fourth-order valence-corrected chi connectivity index (χ4v) is 6.39. The molecule has 0 saturated heterocycles. The zero-order valence-electron chi connectivity index (χ0n) is 16.7. The van der Waals surface area contributed by atoms with Crippen molar-refractivity contribution in [3.63, 3.8) is 0 Å². The molecule has 2 fully saturated rings. The fraction of sp³-hybridized carbons (Fsp3) is 0.409. The molecule has 2 aromatic rings. The number of amides is 1. The van der Waals surface area contributed by atoms with E-state index in [0.717, 1.165) is 12.3 Å². The second kappa shape index (κ2) is 8.47. The van der Waals surface area contributed by atoms with Crippen LogP contribution in [0.3, 0.4) is 0 Å². The van der Waals surface area contributed by atoms with Gasteiger partial charge in [-0.3, -0.25) is 9.52 Å². The number of nitrogens with one attached hydrogen (secondary N) is 2. The molecule has 30 heavy (non-hydrogen) atoms. The third-order valence-electron chi connectivity index (χ3n) is 6.19. The van der Waals surface area contributed by atoms with Crippen molar-refractivity contribution in [1.82, 2.24) is 0 Å². The van der Waals surface area contributed by atoms with E-state index in [2.05, 4.69) is 10.0 Å². The van der Waals surface area contributed by atoms with Crippen LogP contribution in [0.4, 0.5) is 11.4 Å². The molecule has 2 aliphatic rings. The van der Waals surface area contributed by atoms with Crippen molar-refractivity contribution < 1.29 is 17.9 Å². The van der Waals surface area contributed by atoms with Crippen LogP contribution in [0.2, 0.25) is 5.02 Å². The average Bonchev–Trinajstić information content (AvgIpc) is 3.32. The molecule has 0 aliphatic heterocycles. The van der Waals surface area contributed by atoms with Crippen molar-refractivity contribution in [3.05, 3.63) is 47.5 Å². The molecule has 0 radical (unpaired) electrons. The van der Waals surface area contributed by atoms with Crippen LogP contribution in [0.25, 0.3) is 0 Å². The molecule has 2 aromatic carbocycles. The summed E-state index contributed by atoms with van der Waals surface area (Å²) in [5, 5.41) is 2.91. The maximum Gasteiger partial charge on any atom is 0.263 e. The first-order chi connectivity index (χ1) is 14.4. The molecule has 2 saturated carbocycles. The summed E-state index contributed by atoms with van der Waals surface area (Å²) in [4.78, 5) is 12.4. The normalized spacial score (nSPS) is 22.7. The minimum atomic E-state index is -3.98. The molecule has 0 spiro atoms. The third kappa shape index (κ3) is 4.42.